The minimum Gasteiger partial charge on any atom is -0.342 e. The van der Waals surface area contributed by atoms with Gasteiger partial charge in [0.1, 0.15) is 0 Å². The lowest BCUT2D eigenvalue weighted by Crippen LogP contribution is -2.27. The number of halogens is 1. The van der Waals surface area contributed by atoms with Crippen molar-refractivity contribution >= 4 is 17.5 Å². The number of amides is 1. The van der Waals surface area contributed by atoms with Crippen LogP contribution in [-0.2, 0) is 4.79 Å². The van der Waals surface area contributed by atoms with Gasteiger partial charge in [-0.2, -0.15) is 0 Å². The zero-order valence-electron chi connectivity index (χ0n) is 12.1. The maximum absolute atomic E-state index is 12.1. The van der Waals surface area contributed by atoms with Gasteiger partial charge in [0, 0.05) is 11.1 Å². The number of hydrogen-bond acceptors (Lipinski definition) is 1. The predicted molar refractivity (Wildman–Crippen MR) is 87.3 cm³/mol. The molecule has 0 spiro atoms. The van der Waals surface area contributed by atoms with Crippen LogP contribution in [-0.4, -0.2) is 5.91 Å². The molecule has 0 saturated heterocycles. The molecule has 0 aliphatic heterocycles. The fourth-order valence-corrected chi connectivity index (χ4v) is 2.23. The van der Waals surface area contributed by atoms with Crippen LogP contribution in [0.1, 0.15) is 31.0 Å². The molecule has 2 aromatic carbocycles. The van der Waals surface area contributed by atoms with Crippen LogP contribution in [0.5, 0.6) is 0 Å². The highest BCUT2D eigenvalue weighted by atomic mass is 35.5. The Labute approximate surface area is 130 Å². The summed E-state index contributed by atoms with van der Waals surface area (Å²) >= 11 is 5.94. The summed E-state index contributed by atoms with van der Waals surface area (Å²) in [5, 5.41) is 3.72. The summed E-state index contributed by atoms with van der Waals surface area (Å²) in [5.74, 6) is -0.0983. The quantitative estimate of drug-likeness (QED) is 0.827. The van der Waals surface area contributed by atoms with Crippen molar-refractivity contribution in [1.29, 1.82) is 0 Å². The van der Waals surface area contributed by atoms with Gasteiger partial charge in [-0.3, -0.25) is 4.79 Å². The number of allylic oxidation sites excluding steroid dienone is 1. The first-order chi connectivity index (χ1) is 10.1. The van der Waals surface area contributed by atoms with Crippen LogP contribution in [0, 0.1) is 0 Å². The molecule has 0 heterocycles. The molecule has 108 valence electrons. The van der Waals surface area contributed by atoms with Crippen molar-refractivity contribution in [3.8, 4) is 0 Å². The number of rotatable bonds is 4. The molecular weight excluding hydrogens is 282 g/mol. The predicted octanol–water partition coefficient (Wildman–Crippen LogP) is 4.51. The van der Waals surface area contributed by atoms with Gasteiger partial charge in [0.05, 0.1) is 6.04 Å². The van der Waals surface area contributed by atoms with Crippen molar-refractivity contribution in [2.24, 2.45) is 0 Å². The summed E-state index contributed by atoms with van der Waals surface area (Å²) in [5.41, 5.74) is 3.01. The molecule has 0 radical (unpaired) electrons. The molecule has 0 bridgehead atoms. The molecule has 0 aliphatic carbocycles. The monoisotopic (exact) mass is 299 g/mol. The Balaban J connectivity index is 2.33. The summed E-state index contributed by atoms with van der Waals surface area (Å²) < 4.78 is 0. The third-order valence-electron chi connectivity index (χ3n) is 3.04. The Morgan fingerprint density at radius 1 is 1.00 bits per heavy atom. The van der Waals surface area contributed by atoms with Gasteiger partial charge in [0.2, 0.25) is 5.91 Å². The molecule has 0 fully saturated rings. The van der Waals surface area contributed by atoms with E-state index in [9.17, 15) is 4.79 Å². The summed E-state index contributed by atoms with van der Waals surface area (Å²) in [6, 6.07) is 17.2. The Kier molecular flexibility index (Phi) is 5.18. The molecule has 1 amide bonds. The summed E-state index contributed by atoms with van der Waals surface area (Å²) in [6.45, 7) is 3.80. The second-order valence-corrected chi connectivity index (χ2v) is 5.56. The zero-order valence-corrected chi connectivity index (χ0v) is 12.9. The first-order valence-corrected chi connectivity index (χ1v) is 7.20. The van der Waals surface area contributed by atoms with Gasteiger partial charge in [0.15, 0.2) is 0 Å². The van der Waals surface area contributed by atoms with Gasteiger partial charge in [-0.25, -0.2) is 0 Å². The third-order valence-corrected chi connectivity index (χ3v) is 3.29. The van der Waals surface area contributed by atoms with E-state index in [1.165, 1.54) is 0 Å². The van der Waals surface area contributed by atoms with E-state index in [-0.39, 0.29) is 11.9 Å². The van der Waals surface area contributed by atoms with Crippen molar-refractivity contribution in [3.63, 3.8) is 0 Å². The number of hydrogen-bond donors (Lipinski definition) is 1. The van der Waals surface area contributed by atoms with Crippen molar-refractivity contribution in [2.45, 2.75) is 19.9 Å². The van der Waals surface area contributed by atoms with E-state index in [0.29, 0.717) is 5.02 Å². The van der Waals surface area contributed by atoms with Crippen LogP contribution in [0.15, 0.2) is 66.2 Å². The lowest BCUT2D eigenvalue weighted by molar-refractivity contribution is -0.117. The van der Waals surface area contributed by atoms with Crippen molar-refractivity contribution in [1.82, 2.24) is 5.32 Å². The fourth-order valence-electron chi connectivity index (χ4n) is 2.11. The average molecular weight is 300 g/mol. The summed E-state index contributed by atoms with van der Waals surface area (Å²) in [4.78, 5) is 12.1. The molecule has 0 saturated carbocycles. The van der Waals surface area contributed by atoms with E-state index >= 15 is 0 Å². The molecule has 2 rings (SSSR count). The van der Waals surface area contributed by atoms with Crippen LogP contribution >= 0.6 is 11.6 Å². The standard InChI is InChI=1S/C18H18ClNO/c1-13(2)12-17(21)20-18(14-6-4-3-5-7-14)15-8-10-16(19)11-9-15/h3-12,18H,1-2H3,(H,20,21). The van der Waals surface area contributed by atoms with E-state index in [4.69, 9.17) is 11.6 Å². The van der Waals surface area contributed by atoms with Crippen LogP contribution in [0.25, 0.3) is 0 Å². The maximum Gasteiger partial charge on any atom is 0.244 e. The Morgan fingerprint density at radius 3 is 2.14 bits per heavy atom. The molecule has 1 unspecified atom stereocenters. The van der Waals surface area contributed by atoms with Crippen LogP contribution in [0.4, 0.5) is 0 Å². The highest BCUT2D eigenvalue weighted by Crippen LogP contribution is 2.23. The van der Waals surface area contributed by atoms with Gasteiger partial charge < -0.3 is 5.32 Å². The van der Waals surface area contributed by atoms with Gasteiger partial charge in [0.25, 0.3) is 0 Å². The first kappa shape index (κ1) is 15.3. The van der Waals surface area contributed by atoms with E-state index in [2.05, 4.69) is 5.32 Å². The van der Waals surface area contributed by atoms with Gasteiger partial charge >= 0.3 is 0 Å². The van der Waals surface area contributed by atoms with E-state index in [1.807, 2.05) is 68.4 Å². The fraction of sp³-hybridized carbons (Fsp3) is 0.167. The summed E-state index contributed by atoms with van der Waals surface area (Å²) in [7, 11) is 0. The molecule has 3 heteroatoms. The van der Waals surface area contributed by atoms with Gasteiger partial charge in [-0.1, -0.05) is 59.6 Å². The minimum absolute atomic E-state index is 0.0983. The third kappa shape index (κ3) is 4.47. The highest BCUT2D eigenvalue weighted by molar-refractivity contribution is 6.30. The second kappa shape index (κ2) is 7.09. The van der Waals surface area contributed by atoms with E-state index in [1.54, 1.807) is 6.08 Å². The van der Waals surface area contributed by atoms with Crippen LogP contribution < -0.4 is 5.32 Å². The normalized spacial score (nSPS) is 11.6. The lowest BCUT2D eigenvalue weighted by Gasteiger charge is -2.19. The average Bonchev–Trinajstić information content (AvgIpc) is 2.46. The smallest absolute Gasteiger partial charge is 0.244 e. The van der Waals surface area contributed by atoms with E-state index < -0.39 is 0 Å². The van der Waals surface area contributed by atoms with Crippen molar-refractivity contribution in [2.75, 3.05) is 0 Å². The number of nitrogens with one attached hydrogen (secondary N) is 1. The Bertz CT molecular complexity index is 628. The maximum atomic E-state index is 12.1. The molecule has 2 aromatic rings. The Morgan fingerprint density at radius 2 is 1.57 bits per heavy atom. The largest absolute Gasteiger partial charge is 0.342 e. The molecule has 1 N–H and O–H groups in total. The topological polar surface area (TPSA) is 29.1 Å². The number of carbonyl (C=O) groups is 1. The first-order valence-electron chi connectivity index (χ1n) is 6.82. The summed E-state index contributed by atoms with van der Waals surface area (Å²) in [6.07, 6.45) is 1.60. The SMILES string of the molecule is CC(C)=CC(=O)NC(c1ccccc1)c1ccc(Cl)cc1. The van der Waals surface area contributed by atoms with Crippen molar-refractivity contribution < 1.29 is 4.79 Å². The van der Waals surface area contributed by atoms with Gasteiger partial charge in [-0.05, 0) is 37.1 Å². The Hall–Kier alpha value is -2.06. The molecule has 0 aromatic heterocycles. The minimum atomic E-state index is -0.188. The molecule has 1 atom stereocenters. The number of benzene rings is 2. The lowest BCUT2D eigenvalue weighted by atomic mass is 9.98. The highest BCUT2D eigenvalue weighted by Gasteiger charge is 2.15. The molecule has 21 heavy (non-hydrogen) atoms. The molecule has 0 aliphatic rings. The van der Waals surface area contributed by atoms with Crippen LogP contribution in [0.2, 0.25) is 5.02 Å². The van der Waals surface area contributed by atoms with Crippen molar-refractivity contribution in [3.05, 3.63) is 82.4 Å². The molecular formula is C18H18ClNO. The second-order valence-electron chi connectivity index (χ2n) is 5.13. The molecule has 2 nitrogen and oxygen atoms in total. The number of carbonyl (C=O) groups excluding carboxylic acids is 1. The van der Waals surface area contributed by atoms with E-state index in [0.717, 1.165) is 16.7 Å². The zero-order chi connectivity index (χ0) is 15.2. The van der Waals surface area contributed by atoms with Crippen LogP contribution in [0.3, 0.4) is 0 Å². The van der Waals surface area contributed by atoms with Gasteiger partial charge in [-0.15, -0.1) is 0 Å².